The quantitative estimate of drug-likeness (QED) is 0.271. The minimum absolute atomic E-state index is 0.0222. The van der Waals surface area contributed by atoms with Gasteiger partial charge in [-0.2, -0.15) is 0 Å². The lowest BCUT2D eigenvalue weighted by atomic mass is 10.1. The molecule has 0 aliphatic rings. The van der Waals surface area contributed by atoms with Crippen LogP contribution in [0, 0.1) is 10.1 Å². The molecule has 0 bridgehead atoms. The van der Waals surface area contributed by atoms with Crippen LogP contribution in [0.5, 0.6) is 0 Å². The highest BCUT2D eigenvalue weighted by Gasteiger charge is 2.20. The van der Waals surface area contributed by atoms with Crippen molar-refractivity contribution in [2.24, 2.45) is 0 Å². The molecule has 0 aromatic heterocycles. The van der Waals surface area contributed by atoms with Crippen molar-refractivity contribution in [3.05, 3.63) is 112 Å². The van der Waals surface area contributed by atoms with Crippen molar-refractivity contribution in [1.82, 2.24) is 4.90 Å². The van der Waals surface area contributed by atoms with E-state index in [-0.39, 0.29) is 17.6 Å². The van der Waals surface area contributed by atoms with E-state index in [2.05, 4.69) is 0 Å². The number of benzene rings is 3. The highest BCUT2D eigenvalue weighted by atomic mass is 16.6. The number of hydrogen-bond donors (Lipinski definition) is 0. The van der Waals surface area contributed by atoms with E-state index in [1.165, 1.54) is 18.2 Å². The van der Waals surface area contributed by atoms with E-state index in [4.69, 9.17) is 0 Å². The molecule has 0 aliphatic heterocycles. The summed E-state index contributed by atoms with van der Waals surface area (Å²) in [5, 5.41) is 10.8. The van der Waals surface area contributed by atoms with Gasteiger partial charge in [0.25, 0.3) is 5.69 Å². The van der Waals surface area contributed by atoms with E-state index >= 15 is 0 Å². The molecule has 0 fully saturated rings. The van der Waals surface area contributed by atoms with Gasteiger partial charge in [0.1, 0.15) is 0 Å². The van der Waals surface area contributed by atoms with Gasteiger partial charge < -0.3 is 9.80 Å². The lowest BCUT2D eigenvalue weighted by molar-refractivity contribution is -0.384. The Morgan fingerprint density at radius 2 is 1.59 bits per heavy atom. The Labute approximate surface area is 188 Å². The van der Waals surface area contributed by atoms with Crippen molar-refractivity contribution in [2.75, 3.05) is 19.0 Å². The second-order valence-corrected chi connectivity index (χ2v) is 7.80. The standard InChI is InChI=1S/C26H27N3O3/c1-20(23-7-5-4-6-8-23)28(19-22-11-14-24(15-12-22)27(2)3)26(30)18-13-21-9-16-25(17-10-21)29(31)32/h4-18,20H,19H2,1-3H3/b18-13+. The summed E-state index contributed by atoms with van der Waals surface area (Å²) in [5.41, 5.74) is 3.94. The number of amides is 1. The molecule has 0 saturated heterocycles. The molecule has 6 nitrogen and oxygen atoms in total. The summed E-state index contributed by atoms with van der Waals surface area (Å²) in [6.07, 6.45) is 3.21. The van der Waals surface area contributed by atoms with Crippen LogP contribution in [0.4, 0.5) is 11.4 Å². The number of carbonyl (C=O) groups excluding carboxylic acids is 1. The van der Waals surface area contributed by atoms with Crippen LogP contribution in [-0.4, -0.2) is 29.8 Å². The third kappa shape index (κ3) is 5.82. The maximum atomic E-state index is 13.2. The van der Waals surface area contributed by atoms with E-state index < -0.39 is 4.92 Å². The van der Waals surface area contributed by atoms with Crippen molar-refractivity contribution in [2.45, 2.75) is 19.5 Å². The van der Waals surface area contributed by atoms with E-state index in [1.54, 1.807) is 18.2 Å². The van der Waals surface area contributed by atoms with Gasteiger partial charge in [-0.25, -0.2) is 0 Å². The summed E-state index contributed by atoms with van der Waals surface area (Å²) in [6.45, 7) is 2.48. The maximum absolute atomic E-state index is 13.2. The van der Waals surface area contributed by atoms with E-state index in [9.17, 15) is 14.9 Å². The molecule has 0 saturated carbocycles. The third-order valence-electron chi connectivity index (χ3n) is 5.36. The number of non-ortho nitro benzene ring substituents is 1. The van der Waals surface area contributed by atoms with Crippen molar-refractivity contribution in [1.29, 1.82) is 0 Å². The maximum Gasteiger partial charge on any atom is 0.269 e. The number of rotatable bonds is 8. The molecular formula is C26H27N3O3. The highest BCUT2D eigenvalue weighted by Crippen LogP contribution is 2.24. The smallest absolute Gasteiger partial charge is 0.269 e. The number of nitro benzene ring substituents is 1. The third-order valence-corrected chi connectivity index (χ3v) is 5.36. The zero-order valence-corrected chi connectivity index (χ0v) is 18.5. The Morgan fingerprint density at radius 1 is 0.969 bits per heavy atom. The van der Waals surface area contributed by atoms with Crippen LogP contribution in [0.1, 0.15) is 29.7 Å². The first-order chi connectivity index (χ1) is 15.3. The molecule has 164 valence electrons. The summed E-state index contributed by atoms with van der Waals surface area (Å²) in [4.78, 5) is 27.5. The van der Waals surface area contributed by atoms with Crippen molar-refractivity contribution < 1.29 is 9.72 Å². The van der Waals surface area contributed by atoms with Gasteiger partial charge in [0, 0.05) is 44.5 Å². The predicted molar refractivity (Wildman–Crippen MR) is 128 cm³/mol. The second-order valence-electron chi connectivity index (χ2n) is 7.80. The summed E-state index contributed by atoms with van der Waals surface area (Å²) in [7, 11) is 3.98. The summed E-state index contributed by atoms with van der Waals surface area (Å²) >= 11 is 0. The van der Waals surface area contributed by atoms with E-state index in [0.717, 1.165) is 22.4 Å². The van der Waals surface area contributed by atoms with Crippen LogP contribution >= 0.6 is 0 Å². The van der Waals surface area contributed by atoms with Gasteiger partial charge in [-0.05, 0) is 54.0 Å². The van der Waals surface area contributed by atoms with Gasteiger partial charge in [-0.3, -0.25) is 14.9 Å². The minimum atomic E-state index is -0.441. The Bertz CT molecular complexity index is 1080. The van der Waals surface area contributed by atoms with Gasteiger partial charge in [-0.15, -0.1) is 0 Å². The van der Waals surface area contributed by atoms with Gasteiger partial charge in [0.2, 0.25) is 5.91 Å². The predicted octanol–water partition coefficient (Wildman–Crippen LogP) is 5.46. The first kappa shape index (κ1) is 22.7. The van der Waals surface area contributed by atoms with Crippen LogP contribution in [0.2, 0.25) is 0 Å². The van der Waals surface area contributed by atoms with Crippen molar-refractivity contribution in [3.8, 4) is 0 Å². The molecule has 0 radical (unpaired) electrons. The molecule has 0 spiro atoms. The molecule has 3 rings (SSSR count). The fraction of sp³-hybridized carbons (Fsp3) is 0.192. The van der Waals surface area contributed by atoms with Crippen LogP contribution in [-0.2, 0) is 11.3 Å². The Balaban J connectivity index is 1.83. The average Bonchev–Trinajstić information content (AvgIpc) is 2.81. The molecule has 1 unspecified atom stereocenters. The number of anilines is 1. The fourth-order valence-electron chi connectivity index (χ4n) is 3.38. The first-order valence-electron chi connectivity index (χ1n) is 10.4. The molecule has 0 aliphatic carbocycles. The summed E-state index contributed by atoms with van der Waals surface area (Å²) < 4.78 is 0. The van der Waals surface area contributed by atoms with E-state index in [1.807, 2.05) is 85.4 Å². The van der Waals surface area contributed by atoms with Crippen LogP contribution in [0.15, 0.2) is 84.9 Å². The SMILES string of the molecule is CC(c1ccccc1)N(Cc1ccc(N(C)C)cc1)C(=O)/C=C/c1ccc([N+](=O)[O-])cc1. The molecule has 3 aromatic rings. The van der Waals surface area contributed by atoms with Crippen LogP contribution < -0.4 is 4.90 Å². The van der Waals surface area contributed by atoms with Gasteiger partial charge in [-0.1, -0.05) is 42.5 Å². The van der Waals surface area contributed by atoms with Gasteiger partial charge in [0.05, 0.1) is 11.0 Å². The Kier molecular flexibility index (Phi) is 7.39. The molecule has 6 heteroatoms. The van der Waals surface area contributed by atoms with Gasteiger partial charge >= 0.3 is 0 Å². The summed E-state index contributed by atoms with van der Waals surface area (Å²) in [6, 6.07) is 24.1. The highest BCUT2D eigenvalue weighted by molar-refractivity contribution is 5.92. The minimum Gasteiger partial charge on any atom is -0.378 e. The summed E-state index contributed by atoms with van der Waals surface area (Å²) in [5.74, 6) is -0.128. The van der Waals surface area contributed by atoms with Gasteiger partial charge in [0.15, 0.2) is 0 Å². The molecule has 1 amide bonds. The monoisotopic (exact) mass is 429 g/mol. The number of nitro groups is 1. The largest absolute Gasteiger partial charge is 0.378 e. The van der Waals surface area contributed by atoms with Crippen LogP contribution in [0.3, 0.4) is 0 Å². The Hall–Kier alpha value is -3.93. The zero-order valence-electron chi connectivity index (χ0n) is 18.5. The Morgan fingerprint density at radius 3 is 2.16 bits per heavy atom. The fourth-order valence-corrected chi connectivity index (χ4v) is 3.38. The molecule has 3 aromatic carbocycles. The normalized spacial score (nSPS) is 11.8. The number of nitrogens with zero attached hydrogens (tertiary/aromatic N) is 3. The lowest BCUT2D eigenvalue weighted by Crippen LogP contribution is -2.31. The van der Waals surface area contributed by atoms with Crippen molar-refractivity contribution >= 4 is 23.4 Å². The molecule has 1 atom stereocenters. The molecule has 0 N–H and O–H groups in total. The zero-order chi connectivity index (χ0) is 23.1. The molecule has 32 heavy (non-hydrogen) atoms. The van der Waals surface area contributed by atoms with Crippen LogP contribution in [0.25, 0.3) is 6.08 Å². The van der Waals surface area contributed by atoms with E-state index in [0.29, 0.717) is 6.54 Å². The second kappa shape index (κ2) is 10.4. The average molecular weight is 430 g/mol. The van der Waals surface area contributed by atoms with Crippen molar-refractivity contribution in [3.63, 3.8) is 0 Å². The molecular weight excluding hydrogens is 402 g/mol. The topological polar surface area (TPSA) is 66.7 Å². The first-order valence-corrected chi connectivity index (χ1v) is 10.4. The molecule has 0 heterocycles. The lowest BCUT2D eigenvalue weighted by Gasteiger charge is -2.29. The number of hydrogen-bond acceptors (Lipinski definition) is 4. The number of carbonyl (C=O) groups is 1.